The number of urea groups is 1. The molecule has 7 nitrogen and oxygen atoms in total. The highest BCUT2D eigenvalue weighted by Gasteiger charge is 2.27. The Hall–Kier alpha value is -0.860. The number of carbonyl (C=O) groups excluding carboxylic acids is 1. The maximum atomic E-state index is 12.2. The molecule has 0 aromatic heterocycles. The Morgan fingerprint density at radius 1 is 1.38 bits per heavy atom. The minimum absolute atomic E-state index is 0.129. The van der Waals surface area contributed by atoms with E-state index in [0.717, 1.165) is 19.1 Å². The molecule has 21 heavy (non-hydrogen) atoms. The predicted molar refractivity (Wildman–Crippen MR) is 83.7 cm³/mol. The summed E-state index contributed by atoms with van der Waals surface area (Å²) in [6.07, 6.45) is 2.71. The second-order valence-electron chi connectivity index (χ2n) is 6.54. The van der Waals surface area contributed by atoms with Gasteiger partial charge in [0.25, 0.3) is 0 Å². The second-order valence-corrected chi connectivity index (χ2v) is 8.32. The van der Waals surface area contributed by atoms with Crippen molar-refractivity contribution < 1.29 is 13.2 Å². The lowest BCUT2D eigenvalue weighted by molar-refractivity contribution is 0.159. The molecule has 124 valence electrons. The smallest absolute Gasteiger partial charge is 0.317 e. The summed E-state index contributed by atoms with van der Waals surface area (Å²) < 4.78 is 25.1. The molecule has 0 aliphatic carbocycles. The first kappa shape index (κ1) is 18.2. The van der Waals surface area contributed by atoms with Crippen LogP contribution >= 0.6 is 0 Å². The standard InChI is InChI=1S/C13H28N4O3S/c1-13(2,16(3)4)10-14-12(18)17-8-6-7-11(9-17)15-21(5,19)20/h11,15H,6-10H2,1-5H3,(H,14,18). The number of hydrogen-bond acceptors (Lipinski definition) is 4. The average Bonchev–Trinajstić information content (AvgIpc) is 2.34. The molecule has 1 fully saturated rings. The van der Waals surface area contributed by atoms with Crippen LogP contribution < -0.4 is 10.0 Å². The Kier molecular flexibility index (Phi) is 6.01. The zero-order valence-corrected chi connectivity index (χ0v) is 14.5. The van der Waals surface area contributed by atoms with Crippen LogP contribution in [-0.4, -0.2) is 75.8 Å². The van der Waals surface area contributed by atoms with E-state index in [2.05, 4.69) is 28.8 Å². The van der Waals surface area contributed by atoms with E-state index in [1.165, 1.54) is 0 Å². The Morgan fingerprint density at radius 2 is 2.00 bits per heavy atom. The number of hydrogen-bond donors (Lipinski definition) is 2. The van der Waals surface area contributed by atoms with E-state index in [9.17, 15) is 13.2 Å². The first-order valence-electron chi connectivity index (χ1n) is 7.19. The molecule has 8 heteroatoms. The summed E-state index contributed by atoms with van der Waals surface area (Å²) in [5, 5.41) is 2.93. The number of sulfonamides is 1. The molecule has 2 N–H and O–H groups in total. The van der Waals surface area contributed by atoms with Crippen molar-refractivity contribution in [2.45, 2.75) is 38.3 Å². The fraction of sp³-hybridized carbons (Fsp3) is 0.923. The van der Waals surface area contributed by atoms with Crippen LogP contribution in [0.4, 0.5) is 4.79 Å². The van der Waals surface area contributed by atoms with E-state index in [0.29, 0.717) is 19.6 Å². The molecule has 0 saturated carbocycles. The van der Waals surface area contributed by atoms with Gasteiger partial charge in [-0.1, -0.05) is 0 Å². The van der Waals surface area contributed by atoms with Gasteiger partial charge < -0.3 is 15.1 Å². The monoisotopic (exact) mass is 320 g/mol. The number of carbonyl (C=O) groups is 1. The van der Waals surface area contributed by atoms with Gasteiger partial charge in [-0.15, -0.1) is 0 Å². The number of nitrogens with zero attached hydrogens (tertiary/aromatic N) is 2. The molecular formula is C13H28N4O3S. The van der Waals surface area contributed by atoms with Crippen molar-refractivity contribution in [1.29, 1.82) is 0 Å². The molecule has 1 unspecified atom stereocenters. The van der Waals surface area contributed by atoms with Gasteiger partial charge in [0.05, 0.1) is 6.26 Å². The highest BCUT2D eigenvalue weighted by atomic mass is 32.2. The lowest BCUT2D eigenvalue weighted by atomic mass is 10.0. The summed E-state index contributed by atoms with van der Waals surface area (Å²) >= 11 is 0. The molecule has 0 aromatic rings. The highest BCUT2D eigenvalue weighted by molar-refractivity contribution is 7.88. The summed E-state index contributed by atoms with van der Waals surface area (Å²) in [6.45, 7) is 5.73. The van der Waals surface area contributed by atoms with E-state index < -0.39 is 10.0 Å². The van der Waals surface area contributed by atoms with Crippen molar-refractivity contribution in [2.24, 2.45) is 0 Å². The van der Waals surface area contributed by atoms with Crippen LogP contribution in [-0.2, 0) is 10.0 Å². The fourth-order valence-electron chi connectivity index (χ4n) is 2.12. The number of rotatable bonds is 5. The molecule has 1 aliphatic heterocycles. The second kappa shape index (κ2) is 6.93. The summed E-state index contributed by atoms with van der Waals surface area (Å²) in [5.41, 5.74) is -0.129. The zero-order valence-electron chi connectivity index (χ0n) is 13.6. The SMILES string of the molecule is CN(C)C(C)(C)CNC(=O)N1CCCC(NS(C)(=O)=O)C1. The molecule has 0 spiro atoms. The Morgan fingerprint density at radius 3 is 2.52 bits per heavy atom. The van der Waals surface area contributed by atoms with Crippen LogP contribution in [0.1, 0.15) is 26.7 Å². The van der Waals surface area contributed by atoms with E-state index >= 15 is 0 Å². The Bertz CT molecular complexity index is 462. The third-order valence-corrected chi connectivity index (χ3v) is 4.73. The van der Waals surface area contributed by atoms with Crippen molar-refractivity contribution in [3.05, 3.63) is 0 Å². The third kappa shape index (κ3) is 6.19. The molecule has 1 heterocycles. The van der Waals surface area contributed by atoms with Crippen molar-refractivity contribution in [2.75, 3.05) is 40.0 Å². The van der Waals surface area contributed by atoms with Gasteiger partial charge in [0.15, 0.2) is 0 Å². The summed E-state index contributed by atoms with van der Waals surface area (Å²) in [7, 11) is 0.708. The van der Waals surface area contributed by atoms with Gasteiger partial charge in [0.1, 0.15) is 0 Å². The van der Waals surface area contributed by atoms with Crippen molar-refractivity contribution in [1.82, 2.24) is 19.8 Å². The van der Waals surface area contributed by atoms with Crippen LogP contribution in [0.5, 0.6) is 0 Å². The van der Waals surface area contributed by atoms with E-state index in [4.69, 9.17) is 0 Å². The van der Waals surface area contributed by atoms with Gasteiger partial charge in [-0.25, -0.2) is 17.9 Å². The fourth-order valence-corrected chi connectivity index (χ4v) is 2.92. The predicted octanol–water partition coefficient (Wildman–Crippen LogP) is 0.0498. The Balaban J connectivity index is 2.51. The summed E-state index contributed by atoms with van der Waals surface area (Å²) in [4.78, 5) is 15.9. The third-order valence-electron chi connectivity index (χ3n) is 3.97. The van der Waals surface area contributed by atoms with Crippen LogP contribution in [0, 0.1) is 0 Å². The molecule has 1 saturated heterocycles. The van der Waals surface area contributed by atoms with Crippen LogP contribution in [0.2, 0.25) is 0 Å². The minimum Gasteiger partial charge on any atom is -0.336 e. The van der Waals surface area contributed by atoms with Gasteiger partial charge in [0, 0.05) is 31.2 Å². The molecule has 0 bridgehead atoms. The van der Waals surface area contributed by atoms with Crippen molar-refractivity contribution in [3.63, 3.8) is 0 Å². The van der Waals surface area contributed by atoms with E-state index in [1.54, 1.807) is 4.90 Å². The number of amides is 2. The molecule has 1 rings (SSSR count). The lowest BCUT2D eigenvalue weighted by Crippen LogP contribution is -2.55. The molecule has 2 amide bonds. The topological polar surface area (TPSA) is 81.8 Å². The first-order valence-corrected chi connectivity index (χ1v) is 9.08. The van der Waals surface area contributed by atoms with E-state index in [1.807, 2.05) is 14.1 Å². The Labute approximate surface area is 128 Å². The first-order chi connectivity index (χ1) is 9.51. The lowest BCUT2D eigenvalue weighted by Gasteiger charge is -2.36. The molecule has 1 atom stereocenters. The molecular weight excluding hydrogens is 292 g/mol. The average molecular weight is 320 g/mol. The molecule has 1 aliphatic rings. The number of piperidine rings is 1. The van der Waals surface area contributed by atoms with Crippen molar-refractivity contribution >= 4 is 16.1 Å². The van der Waals surface area contributed by atoms with E-state index in [-0.39, 0.29) is 17.6 Å². The maximum Gasteiger partial charge on any atom is 0.317 e. The van der Waals surface area contributed by atoms with Gasteiger partial charge in [-0.2, -0.15) is 0 Å². The van der Waals surface area contributed by atoms with Gasteiger partial charge >= 0.3 is 6.03 Å². The number of likely N-dealkylation sites (N-methyl/N-ethyl adjacent to an activating group) is 1. The normalized spacial score (nSPS) is 20.7. The van der Waals surface area contributed by atoms with Gasteiger partial charge in [0.2, 0.25) is 10.0 Å². The van der Waals surface area contributed by atoms with Crippen LogP contribution in [0.25, 0.3) is 0 Å². The molecule has 0 radical (unpaired) electrons. The van der Waals surface area contributed by atoms with Crippen molar-refractivity contribution in [3.8, 4) is 0 Å². The van der Waals surface area contributed by atoms with Crippen LogP contribution in [0.3, 0.4) is 0 Å². The van der Waals surface area contributed by atoms with Gasteiger partial charge in [-0.05, 0) is 40.8 Å². The molecule has 0 aromatic carbocycles. The van der Waals surface area contributed by atoms with Crippen LogP contribution in [0.15, 0.2) is 0 Å². The number of likely N-dealkylation sites (tertiary alicyclic amines) is 1. The zero-order chi connectivity index (χ0) is 16.3. The summed E-state index contributed by atoms with van der Waals surface area (Å²) in [5.74, 6) is 0. The minimum atomic E-state index is -3.23. The highest BCUT2D eigenvalue weighted by Crippen LogP contribution is 2.12. The summed E-state index contributed by atoms with van der Waals surface area (Å²) in [6, 6.07) is -0.328. The maximum absolute atomic E-state index is 12.2. The largest absolute Gasteiger partial charge is 0.336 e. The van der Waals surface area contributed by atoms with Gasteiger partial charge in [-0.3, -0.25) is 0 Å². The quantitative estimate of drug-likeness (QED) is 0.750. The number of nitrogens with one attached hydrogen (secondary N) is 2.